The summed E-state index contributed by atoms with van der Waals surface area (Å²) < 4.78 is 17.9. The van der Waals surface area contributed by atoms with Crippen molar-refractivity contribution >= 4 is 5.97 Å². The molecule has 0 aromatic heterocycles. The van der Waals surface area contributed by atoms with Gasteiger partial charge in [-0.15, -0.1) is 0 Å². The van der Waals surface area contributed by atoms with E-state index < -0.39 is 0 Å². The van der Waals surface area contributed by atoms with Crippen LogP contribution >= 0.6 is 0 Å². The third kappa shape index (κ3) is 1.44. The van der Waals surface area contributed by atoms with Gasteiger partial charge in [0.15, 0.2) is 6.10 Å². The largest absolute Gasteiger partial charge is 0.456 e. The minimum Gasteiger partial charge on any atom is -0.456 e. The summed E-state index contributed by atoms with van der Waals surface area (Å²) in [6.07, 6.45) is 9.73. The van der Waals surface area contributed by atoms with Crippen LogP contribution in [-0.4, -0.2) is 37.0 Å². The molecule has 12 unspecified atom stereocenters. The summed E-state index contributed by atoms with van der Waals surface area (Å²) in [5.41, 5.74) is 0. The van der Waals surface area contributed by atoms with Crippen LogP contribution in [0, 0.1) is 47.3 Å². The monoisotopic (exact) mass is 328 g/mol. The van der Waals surface area contributed by atoms with Crippen molar-refractivity contribution in [2.24, 2.45) is 47.3 Å². The zero-order valence-electron chi connectivity index (χ0n) is 13.8. The van der Waals surface area contributed by atoms with Crippen LogP contribution < -0.4 is 0 Å². The molecule has 7 aliphatic rings. The first kappa shape index (κ1) is 13.3. The molecule has 4 heteroatoms. The summed E-state index contributed by atoms with van der Waals surface area (Å²) in [6, 6.07) is 0. The second-order valence-corrected chi connectivity index (χ2v) is 9.44. The van der Waals surface area contributed by atoms with E-state index in [1.165, 1.54) is 12.8 Å². The molecular weight excluding hydrogens is 304 g/mol. The molecule has 0 amide bonds. The number of hydrogen-bond acceptors (Lipinski definition) is 4. The van der Waals surface area contributed by atoms with Crippen molar-refractivity contribution in [3.63, 3.8) is 0 Å². The lowest BCUT2D eigenvalue weighted by molar-refractivity contribution is -0.164. The van der Waals surface area contributed by atoms with Crippen molar-refractivity contribution in [3.05, 3.63) is 12.2 Å². The maximum absolute atomic E-state index is 13.0. The Hall–Kier alpha value is -0.870. The molecule has 0 aromatic rings. The number of carbonyl (C=O) groups is 1. The molecule has 3 saturated heterocycles. The van der Waals surface area contributed by atoms with Gasteiger partial charge in [-0.3, -0.25) is 4.79 Å². The highest BCUT2D eigenvalue weighted by atomic mass is 16.6. The van der Waals surface area contributed by atoms with Gasteiger partial charge in [0, 0.05) is 5.92 Å². The number of rotatable bonds is 2. The van der Waals surface area contributed by atoms with Gasteiger partial charge >= 0.3 is 5.97 Å². The number of ether oxygens (including phenoxy) is 3. The van der Waals surface area contributed by atoms with E-state index in [1.807, 2.05) is 0 Å². The van der Waals surface area contributed by atoms with Gasteiger partial charge in [-0.2, -0.15) is 0 Å². The van der Waals surface area contributed by atoms with Crippen molar-refractivity contribution in [2.75, 3.05) is 6.61 Å². The van der Waals surface area contributed by atoms with Crippen LogP contribution in [0.1, 0.15) is 25.7 Å². The minimum absolute atomic E-state index is 0.00876. The van der Waals surface area contributed by atoms with Crippen LogP contribution in [-0.2, 0) is 19.0 Å². The Morgan fingerprint density at radius 1 is 0.958 bits per heavy atom. The maximum atomic E-state index is 13.0. The normalized spacial score (nSPS) is 63.5. The van der Waals surface area contributed by atoms with Gasteiger partial charge < -0.3 is 14.2 Å². The van der Waals surface area contributed by atoms with Crippen molar-refractivity contribution in [2.45, 2.75) is 50.1 Å². The minimum atomic E-state index is -0.143. The van der Waals surface area contributed by atoms with Gasteiger partial charge in [-0.05, 0) is 61.2 Å². The Kier molecular flexibility index (Phi) is 2.37. The predicted octanol–water partition coefficient (Wildman–Crippen LogP) is 2.18. The second kappa shape index (κ2) is 4.27. The first-order valence-electron chi connectivity index (χ1n) is 9.94. The molecule has 6 fully saturated rings. The number of hydrogen-bond donors (Lipinski definition) is 0. The van der Waals surface area contributed by atoms with Crippen LogP contribution in [0.25, 0.3) is 0 Å². The number of esters is 1. The standard InChI is InChI=1S/C20H24O4/c21-20(24-18-14-6-11-7-22-19(18)17(11)23-14)13-5-10-4-12(13)16-9-2-1-8(3-9)15(10)16/h1-2,8-19H,3-7H2. The maximum Gasteiger partial charge on any atom is 0.309 e. The van der Waals surface area contributed by atoms with E-state index in [0.717, 1.165) is 49.0 Å². The summed E-state index contributed by atoms with van der Waals surface area (Å²) in [7, 11) is 0. The Morgan fingerprint density at radius 2 is 1.83 bits per heavy atom. The molecule has 24 heavy (non-hydrogen) atoms. The van der Waals surface area contributed by atoms with E-state index in [-0.39, 0.29) is 36.3 Å². The lowest BCUT2D eigenvalue weighted by Gasteiger charge is -2.36. The fourth-order valence-electron chi connectivity index (χ4n) is 8.00. The average molecular weight is 328 g/mol. The van der Waals surface area contributed by atoms with E-state index in [2.05, 4.69) is 12.2 Å². The second-order valence-electron chi connectivity index (χ2n) is 9.44. The van der Waals surface area contributed by atoms with Crippen LogP contribution in [0.2, 0.25) is 0 Å². The number of fused-ring (bicyclic) bond motifs is 10. The average Bonchev–Trinajstić information content (AvgIpc) is 3.39. The third-order valence-electron chi connectivity index (χ3n) is 8.67. The summed E-state index contributed by atoms with van der Waals surface area (Å²) in [4.78, 5) is 13.0. The highest BCUT2D eigenvalue weighted by molar-refractivity contribution is 5.74. The predicted molar refractivity (Wildman–Crippen MR) is 83.8 cm³/mol. The Bertz CT molecular complexity index is 642. The zero-order valence-corrected chi connectivity index (χ0v) is 13.8. The molecule has 0 N–H and O–H groups in total. The molecule has 4 nitrogen and oxygen atoms in total. The van der Waals surface area contributed by atoms with E-state index >= 15 is 0 Å². The summed E-state index contributed by atoms with van der Waals surface area (Å²) in [5, 5.41) is 0. The van der Waals surface area contributed by atoms with Crippen LogP contribution in [0.5, 0.6) is 0 Å². The topological polar surface area (TPSA) is 44.8 Å². The van der Waals surface area contributed by atoms with Gasteiger partial charge in [0.25, 0.3) is 0 Å². The molecule has 3 heterocycles. The molecule has 0 aromatic carbocycles. The smallest absolute Gasteiger partial charge is 0.309 e. The van der Waals surface area contributed by atoms with Crippen molar-refractivity contribution in [3.8, 4) is 0 Å². The molecule has 0 spiro atoms. The highest BCUT2D eigenvalue weighted by Gasteiger charge is 2.64. The fraction of sp³-hybridized carbons (Fsp3) is 0.850. The van der Waals surface area contributed by atoms with E-state index in [4.69, 9.17) is 14.2 Å². The molecule has 0 radical (unpaired) electrons. The molecular formula is C20H24O4. The van der Waals surface area contributed by atoms with Gasteiger partial charge in [0.2, 0.25) is 0 Å². The summed E-state index contributed by atoms with van der Waals surface area (Å²) in [6.45, 7) is 0.785. The van der Waals surface area contributed by atoms with Gasteiger partial charge in [0.05, 0.1) is 24.7 Å². The van der Waals surface area contributed by atoms with E-state index in [9.17, 15) is 4.79 Å². The van der Waals surface area contributed by atoms with Gasteiger partial charge in [-0.25, -0.2) is 0 Å². The van der Waals surface area contributed by atoms with Crippen LogP contribution in [0.15, 0.2) is 12.2 Å². The Labute approximate surface area is 141 Å². The molecule has 7 rings (SSSR count). The van der Waals surface area contributed by atoms with Crippen molar-refractivity contribution in [1.29, 1.82) is 0 Å². The molecule has 3 saturated carbocycles. The SMILES string of the molecule is O=C(OC1C2CC3COC1C3O2)C1CC2CC1C1C3C=CC(C3)C21. The first-order valence-corrected chi connectivity index (χ1v) is 9.94. The summed E-state index contributed by atoms with van der Waals surface area (Å²) in [5.74, 6) is 5.27. The van der Waals surface area contributed by atoms with Crippen molar-refractivity contribution < 1.29 is 19.0 Å². The molecule has 4 aliphatic carbocycles. The molecule has 3 aliphatic heterocycles. The molecule has 6 bridgehead atoms. The Balaban J connectivity index is 1.11. The molecule has 128 valence electrons. The summed E-state index contributed by atoms with van der Waals surface area (Å²) >= 11 is 0. The van der Waals surface area contributed by atoms with Crippen molar-refractivity contribution in [1.82, 2.24) is 0 Å². The van der Waals surface area contributed by atoms with E-state index in [0.29, 0.717) is 11.8 Å². The van der Waals surface area contributed by atoms with Gasteiger partial charge in [-0.1, -0.05) is 12.2 Å². The third-order valence-corrected chi connectivity index (χ3v) is 8.67. The first-order chi connectivity index (χ1) is 11.8. The quantitative estimate of drug-likeness (QED) is 0.443. The Morgan fingerprint density at radius 3 is 2.75 bits per heavy atom. The fourth-order valence-corrected chi connectivity index (χ4v) is 8.00. The zero-order chi connectivity index (χ0) is 15.6. The van der Waals surface area contributed by atoms with Gasteiger partial charge in [0.1, 0.15) is 6.10 Å². The number of allylic oxidation sites excluding steroid dienone is 2. The van der Waals surface area contributed by atoms with E-state index in [1.54, 1.807) is 0 Å². The lowest BCUT2D eigenvalue weighted by atomic mass is 9.69. The molecule has 12 atom stereocenters. The van der Waals surface area contributed by atoms with Crippen LogP contribution in [0.3, 0.4) is 0 Å². The van der Waals surface area contributed by atoms with Crippen LogP contribution in [0.4, 0.5) is 0 Å². The highest BCUT2D eigenvalue weighted by Crippen LogP contribution is 2.67. The number of carbonyl (C=O) groups excluding carboxylic acids is 1. The lowest BCUT2D eigenvalue weighted by Crippen LogP contribution is -2.43.